The summed E-state index contributed by atoms with van der Waals surface area (Å²) in [5, 5.41) is 17.3. The second-order valence-corrected chi connectivity index (χ2v) is 9.41. The third-order valence-corrected chi connectivity index (χ3v) is 6.34. The zero-order chi connectivity index (χ0) is 28.9. The molecule has 1 aromatic heterocycles. The average Bonchev–Trinajstić information content (AvgIpc) is 3.41. The fraction of sp³-hybridized carbons (Fsp3) is 0.462. The summed E-state index contributed by atoms with van der Waals surface area (Å²) in [4.78, 5) is 69.2. The number of nitrogens with zero attached hydrogens (tertiary/aromatic N) is 1. The summed E-state index contributed by atoms with van der Waals surface area (Å²) in [6.07, 6.45) is 3.31. The normalized spacial score (nSPS) is 14.7. The van der Waals surface area contributed by atoms with Gasteiger partial charge in [0.05, 0.1) is 12.4 Å². The molecule has 2 aromatic rings. The van der Waals surface area contributed by atoms with Gasteiger partial charge in [-0.15, -0.1) is 0 Å². The molecule has 0 fully saturated rings. The van der Waals surface area contributed by atoms with Gasteiger partial charge in [0.2, 0.25) is 23.6 Å². The molecule has 212 valence electrons. The summed E-state index contributed by atoms with van der Waals surface area (Å²) in [6.45, 7) is 3.50. The molecule has 39 heavy (non-hydrogen) atoms. The number of amides is 4. The van der Waals surface area contributed by atoms with E-state index in [1.54, 1.807) is 44.2 Å². The van der Waals surface area contributed by atoms with Crippen molar-refractivity contribution in [1.29, 1.82) is 0 Å². The molecule has 9 N–H and O–H groups in total. The molecule has 4 amide bonds. The molecule has 2 rings (SSSR count). The number of nitrogens with one attached hydrogen (secondary N) is 4. The van der Waals surface area contributed by atoms with E-state index in [-0.39, 0.29) is 31.6 Å². The first kappa shape index (κ1) is 31.0. The van der Waals surface area contributed by atoms with Crippen LogP contribution < -0.4 is 27.4 Å². The van der Waals surface area contributed by atoms with Crippen molar-refractivity contribution in [2.75, 3.05) is 0 Å². The number of carbonyl (C=O) groups excluding carboxylic acids is 4. The van der Waals surface area contributed by atoms with Crippen molar-refractivity contribution in [2.45, 2.75) is 70.1 Å². The molecule has 0 aliphatic heterocycles. The SMILES string of the molecule is CCC(C)C(NC(=O)C(Cc1ccccc1)NC(=O)C(CCC(N)=O)NC(=O)C(N)Cc1cnc[nH]1)C(=O)O. The van der Waals surface area contributed by atoms with Gasteiger partial charge in [-0.05, 0) is 17.9 Å². The summed E-state index contributed by atoms with van der Waals surface area (Å²) in [5.41, 5.74) is 12.6. The van der Waals surface area contributed by atoms with Crippen LogP contribution >= 0.6 is 0 Å². The first-order valence-corrected chi connectivity index (χ1v) is 12.7. The van der Waals surface area contributed by atoms with Crippen molar-refractivity contribution >= 4 is 29.6 Å². The van der Waals surface area contributed by atoms with Crippen LogP contribution in [0.2, 0.25) is 0 Å². The molecule has 5 unspecified atom stereocenters. The van der Waals surface area contributed by atoms with Crippen LogP contribution in [0.3, 0.4) is 0 Å². The van der Waals surface area contributed by atoms with Gasteiger partial charge in [-0.2, -0.15) is 0 Å². The number of carboxylic acid groups (broad SMARTS) is 1. The smallest absolute Gasteiger partial charge is 0.326 e. The number of H-pyrrole nitrogens is 1. The molecule has 0 bridgehead atoms. The predicted octanol–water partition coefficient (Wildman–Crippen LogP) is -0.627. The molecule has 0 spiro atoms. The summed E-state index contributed by atoms with van der Waals surface area (Å²) in [6, 6.07) is 4.26. The molecule has 0 radical (unpaired) electrons. The second kappa shape index (κ2) is 15.2. The van der Waals surface area contributed by atoms with Gasteiger partial charge < -0.3 is 37.5 Å². The van der Waals surface area contributed by atoms with Gasteiger partial charge in [-0.1, -0.05) is 50.6 Å². The first-order chi connectivity index (χ1) is 18.5. The standard InChI is InChI=1S/C26H37N7O6/c1-3-15(2)22(26(38)39)33-25(37)20(11-16-7-5-4-6-8-16)32-24(36)19(9-10-21(28)34)31-23(35)18(27)12-17-13-29-14-30-17/h4-8,13-15,18-20,22H,3,9-12,27H2,1-2H3,(H2,28,34)(H,29,30)(H,31,35)(H,32,36)(H,33,37)(H,38,39). The lowest BCUT2D eigenvalue weighted by atomic mass is 9.98. The van der Waals surface area contributed by atoms with E-state index in [1.165, 1.54) is 12.5 Å². The van der Waals surface area contributed by atoms with Crippen LogP contribution in [-0.2, 0) is 36.8 Å². The second-order valence-electron chi connectivity index (χ2n) is 9.41. The number of carboxylic acids is 1. The van der Waals surface area contributed by atoms with Crippen LogP contribution in [0.5, 0.6) is 0 Å². The van der Waals surface area contributed by atoms with Crippen molar-refractivity contribution in [1.82, 2.24) is 25.9 Å². The number of nitrogens with two attached hydrogens (primary N) is 2. The Morgan fingerprint density at radius 1 is 0.974 bits per heavy atom. The van der Waals surface area contributed by atoms with Crippen LogP contribution in [0, 0.1) is 5.92 Å². The van der Waals surface area contributed by atoms with Crippen molar-refractivity contribution in [3.05, 3.63) is 54.1 Å². The van der Waals surface area contributed by atoms with Gasteiger partial charge in [-0.3, -0.25) is 19.2 Å². The fourth-order valence-corrected chi connectivity index (χ4v) is 3.83. The summed E-state index contributed by atoms with van der Waals surface area (Å²) in [5.74, 6) is -4.33. The lowest BCUT2D eigenvalue weighted by Crippen LogP contribution is -2.58. The van der Waals surface area contributed by atoms with Gasteiger partial charge in [0, 0.05) is 31.2 Å². The minimum Gasteiger partial charge on any atom is -0.480 e. The van der Waals surface area contributed by atoms with Gasteiger partial charge in [-0.25, -0.2) is 9.78 Å². The Bertz CT molecular complexity index is 1110. The summed E-state index contributed by atoms with van der Waals surface area (Å²) < 4.78 is 0. The van der Waals surface area contributed by atoms with Crippen LogP contribution in [-0.4, -0.2) is 68.8 Å². The van der Waals surface area contributed by atoms with Crippen LogP contribution in [0.1, 0.15) is 44.4 Å². The maximum absolute atomic E-state index is 13.3. The van der Waals surface area contributed by atoms with Gasteiger partial charge in [0.1, 0.15) is 18.1 Å². The number of rotatable bonds is 16. The molecule has 0 saturated carbocycles. The van der Waals surface area contributed by atoms with Crippen LogP contribution in [0.15, 0.2) is 42.9 Å². The largest absolute Gasteiger partial charge is 0.480 e. The lowest BCUT2D eigenvalue weighted by Gasteiger charge is -2.26. The lowest BCUT2D eigenvalue weighted by molar-refractivity contribution is -0.143. The highest BCUT2D eigenvalue weighted by Crippen LogP contribution is 2.11. The zero-order valence-corrected chi connectivity index (χ0v) is 22.1. The topological polar surface area (TPSA) is 222 Å². The number of primary amides is 1. The number of hydrogen-bond donors (Lipinski definition) is 7. The molecular formula is C26H37N7O6. The zero-order valence-electron chi connectivity index (χ0n) is 22.1. The number of aromatic amines is 1. The number of carbonyl (C=O) groups is 5. The molecule has 1 aromatic carbocycles. The minimum absolute atomic E-state index is 0.0566. The summed E-state index contributed by atoms with van der Waals surface area (Å²) >= 11 is 0. The highest BCUT2D eigenvalue weighted by atomic mass is 16.4. The van der Waals surface area contributed by atoms with E-state index in [0.29, 0.717) is 17.7 Å². The van der Waals surface area contributed by atoms with Crippen molar-refractivity contribution < 1.29 is 29.1 Å². The third-order valence-electron chi connectivity index (χ3n) is 6.34. The van der Waals surface area contributed by atoms with Gasteiger partial charge in [0.25, 0.3) is 0 Å². The number of aliphatic carboxylic acids is 1. The van der Waals surface area contributed by atoms with E-state index in [9.17, 15) is 29.1 Å². The van der Waals surface area contributed by atoms with Crippen LogP contribution in [0.25, 0.3) is 0 Å². The molecule has 13 heteroatoms. The van der Waals surface area contributed by atoms with Gasteiger partial charge in [0.15, 0.2) is 0 Å². The maximum Gasteiger partial charge on any atom is 0.326 e. The molecule has 1 heterocycles. The number of imidazole rings is 1. The van der Waals surface area contributed by atoms with Crippen molar-refractivity contribution in [3.63, 3.8) is 0 Å². The third kappa shape index (κ3) is 10.2. The number of hydrogen-bond acceptors (Lipinski definition) is 7. The molecule has 0 aliphatic carbocycles. The summed E-state index contributed by atoms with van der Waals surface area (Å²) in [7, 11) is 0. The highest BCUT2D eigenvalue weighted by molar-refractivity contribution is 5.94. The van der Waals surface area contributed by atoms with Gasteiger partial charge >= 0.3 is 5.97 Å². The van der Waals surface area contributed by atoms with Crippen molar-refractivity contribution in [2.24, 2.45) is 17.4 Å². The van der Waals surface area contributed by atoms with E-state index >= 15 is 0 Å². The Morgan fingerprint density at radius 2 is 1.62 bits per heavy atom. The average molecular weight is 544 g/mol. The molecule has 0 saturated heterocycles. The molecule has 13 nitrogen and oxygen atoms in total. The van der Waals surface area contributed by atoms with Crippen molar-refractivity contribution in [3.8, 4) is 0 Å². The Hall–Kier alpha value is -4.26. The Morgan fingerprint density at radius 3 is 2.18 bits per heavy atom. The monoisotopic (exact) mass is 543 g/mol. The molecular weight excluding hydrogens is 506 g/mol. The Labute approximate surface area is 226 Å². The highest BCUT2D eigenvalue weighted by Gasteiger charge is 2.32. The molecule has 0 aliphatic rings. The van der Waals surface area contributed by atoms with E-state index in [0.717, 1.165) is 0 Å². The van der Waals surface area contributed by atoms with E-state index in [2.05, 4.69) is 25.9 Å². The Balaban J connectivity index is 2.23. The molecule has 5 atom stereocenters. The maximum atomic E-state index is 13.3. The number of aromatic nitrogens is 2. The van der Waals surface area contributed by atoms with E-state index in [1.807, 2.05) is 0 Å². The van der Waals surface area contributed by atoms with E-state index < -0.39 is 53.8 Å². The fourth-order valence-electron chi connectivity index (χ4n) is 3.83. The number of benzene rings is 1. The quantitative estimate of drug-likeness (QED) is 0.144. The first-order valence-electron chi connectivity index (χ1n) is 12.7. The minimum atomic E-state index is -1.23. The van der Waals surface area contributed by atoms with Crippen LogP contribution in [0.4, 0.5) is 0 Å². The Kier molecular flexibility index (Phi) is 12.1. The van der Waals surface area contributed by atoms with E-state index in [4.69, 9.17) is 11.5 Å². The predicted molar refractivity (Wildman–Crippen MR) is 142 cm³/mol.